The van der Waals surface area contributed by atoms with Gasteiger partial charge in [-0.1, -0.05) is 170 Å². The van der Waals surface area contributed by atoms with Crippen molar-refractivity contribution in [3.8, 4) is 44.5 Å². The van der Waals surface area contributed by atoms with Crippen LogP contribution >= 0.6 is 11.3 Å². The molecule has 0 bridgehead atoms. The van der Waals surface area contributed by atoms with E-state index in [-0.39, 0.29) is 0 Å². The molecule has 2 nitrogen and oxygen atoms in total. The Balaban J connectivity index is 1.03. The minimum atomic E-state index is 0.869. The van der Waals surface area contributed by atoms with Crippen LogP contribution in [0.25, 0.3) is 97.4 Å². The summed E-state index contributed by atoms with van der Waals surface area (Å²) in [5.74, 6) is 0. The molecule has 0 saturated carbocycles. The molecule has 12 rings (SSSR count). The summed E-state index contributed by atoms with van der Waals surface area (Å²) in [4.78, 5) is 2.39. The first-order chi connectivity index (χ1) is 30.3. The molecule has 3 heteroatoms. The van der Waals surface area contributed by atoms with Crippen LogP contribution in [0.5, 0.6) is 0 Å². The van der Waals surface area contributed by atoms with Gasteiger partial charge in [-0.3, -0.25) is 0 Å². The molecule has 0 amide bonds. The Kier molecular flexibility index (Phi) is 8.39. The molecule has 0 aliphatic carbocycles. The van der Waals surface area contributed by atoms with Gasteiger partial charge < -0.3 is 9.32 Å². The molecule has 12 aromatic rings. The van der Waals surface area contributed by atoms with E-state index < -0.39 is 0 Å². The van der Waals surface area contributed by atoms with Crippen molar-refractivity contribution in [1.29, 1.82) is 0 Å². The maximum absolute atomic E-state index is 6.78. The van der Waals surface area contributed by atoms with Crippen LogP contribution in [0.2, 0.25) is 0 Å². The zero-order valence-electron chi connectivity index (χ0n) is 33.1. The number of para-hydroxylation sites is 1. The first-order valence-electron chi connectivity index (χ1n) is 20.7. The fraction of sp³-hybridized carbons (Fsp3) is 0. The SMILES string of the molecule is c1ccc(-c2ccc(N(c3ccc(-c4ccccc4-c4cccc5sc6ccccc6c45)cc3)c3ccc(-c4cccc5ccccc45)cc3)c3c2oc2ccccc23)cc1. The molecule has 0 N–H and O–H groups in total. The van der Waals surface area contributed by atoms with Gasteiger partial charge in [-0.2, -0.15) is 0 Å². The van der Waals surface area contributed by atoms with E-state index in [0.717, 1.165) is 50.1 Å². The van der Waals surface area contributed by atoms with Gasteiger partial charge in [0, 0.05) is 42.5 Å². The van der Waals surface area contributed by atoms with Gasteiger partial charge in [-0.15, -0.1) is 11.3 Å². The third-order valence-corrected chi connectivity index (χ3v) is 13.2. The summed E-state index contributed by atoms with van der Waals surface area (Å²) < 4.78 is 9.40. The van der Waals surface area contributed by atoms with E-state index in [0.29, 0.717) is 0 Å². The van der Waals surface area contributed by atoms with Crippen LogP contribution in [0.1, 0.15) is 0 Å². The Labute approximate surface area is 357 Å². The number of thiophene rings is 1. The summed E-state index contributed by atoms with van der Waals surface area (Å²) in [6, 6.07) is 81.0. The van der Waals surface area contributed by atoms with Crippen LogP contribution < -0.4 is 4.90 Å². The molecule has 61 heavy (non-hydrogen) atoms. The minimum Gasteiger partial charge on any atom is -0.455 e. The van der Waals surface area contributed by atoms with Crippen LogP contribution in [0.3, 0.4) is 0 Å². The largest absolute Gasteiger partial charge is 0.455 e. The fourth-order valence-corrected chi connectivity index (χ4v) is 10.4. The van der Waals surface area contributed by atoms with Crippen molar-refractivity contribution >= 4 is 81.3 Å². The highest BCUT2D eigenvalue weighted by Crippen LogP contribution is 2.48. The van der Waals surface area contributed by atoms with Gasteiger partial charge in [0.2, 0.25) is 0 Å². The minimum absolute atomic E-state index is 0.869. The summed E-state index contributed by atoms with van der Waals surface area (Å²) in [6.45, 7) is 0. The number of benzene rings is 10. The smallest absolute Gasteiger partial charge is 0.145 e. The van der Waals surface area contributed by atoms with Gasteiger partial charge in [0.25, 0.3) is 0 Å². The van der Waals surface area contributed by atoms with Crippen molar-refractivity contribution in [1.82, 2.24) is 0 Å². The number of hydrogen-bond acceptors (Lipinski definition) is 3. The van der Waals surface area contributed by atoms with Crippen molar-refractivity contribution in [2.24, 2.45) is 0 Å². The van der Waals surface area contributed by atoms with Gasteiger partial charge in [-0.05, 0) is 104 Å². The Hall–Kier alpha value is -7.72. The van der Waals surface area contributed by atoms with Gasteiger partial charge in [-0.25, -0.2) is 0 Å². The molecule has 0 spiro atoms. The molecular weight excluding hydrogens is 759 g/mol. The maximum Gasteiger partial charge on any atom is 0.145 e. The molecule has 2 heterocycles. The topological polar surface area (TPSA) is 16.4 Å². The lowest BCUT2D eigenvalue weighted by atomic mass is 9.92. The van der Waals surface area contributed by atoms with Crippen molar-refractivity contribution in [3.05, 3.63) is 224 Å². The lowest BCUT2D eigenvalue weighted by molar-refractivity contribution is 0.670. The van der Waals surface area contributed by atoms with E-state index in [1.165, 1.54) is 64.3 Å². The first kappa shape index (κ1) is 35.2. The molecular formula is C58H37NOS. The molecule has 0 saturated heterocycles. The first-order valence-corrected chi connectivity index (χ1v) is 21.6. The average molecular weight is 796 g/mol. The highest BCUT2D eigenvalue weighted by molar-refractivity contribution is 7.25. The Bertz CT molecular complexity index is 3570. The van der Waals surface area contributed by atoms with Crippen LogP contribution in [0.15, 0.2) is 229 Å². The van der Waals surface area contributed by atoms with Gasteiger partial charge >= 0.3 is 0 Å². The predicted octanol–water partition coefficient (Wildman–Crippen LogP) is 17.2. The number of hydrogen-bond donors (Lipinski definition) is 0. The highest BCUT2D eigenvalue weighted by atomic mass is 32.1. The number of anilines is 3. The van der Waals surface area contributed by atoms with E-state index in [4.69, 9.17) is 4.42 Å². The number of furan rings is 1. The average Bonchev–Trinajstić information content (AvgIpc) is 3.92. The molecule has 0 fully saturated rings. The van der Waals surface area contributed by atoms with Crippen molar-refractivity contribution in [2.75, 3.05) is 4.90 Å². The highest BCUT2D eigenvalue weighted by Gasteiger charge is 2.23. The van der Waals surface area contributed by atoms with Crippen LogP contribution in [0.4, 0.5) is 17.1 Å². The molecule has 286 valence electrons. The normalized spacial score (nSPS) is 11.6. The Morgan fingerprint density at radius 2 is 0.885 bits per heavy atom. The summed E-state index contributed by atoms with van der Waals surface area (Å²) >= 11 is 1.86. The summed E-state index contributed by atoms with van der Waals surface area (Å²) in [5, 5.41) is 7.28. The second kappa shape index (κ2) is 14.5. The monoisotopic (exact) mass is 795 g/mol. The van der Waals surface area contributed by atoms with Crippen molar-refractivity contribution in [2.45, 2.75) is 0 Å². The van der Waals surface area contributed by atoms with E-state index in [9.17, 15) is 0 Å². The zero-order valence-corrected chi connectivity index (χ0v) is 33.9. The van der Waals surface area contributed by atoms with Gasteiger partial charge in [0.1, 0.15) is 11.2 Å². The number of fused-ring (bicyclic) bond motifs is 7. The van der Waals surface area contributed by atoms with E-state index >= 15 is 0 Å². The summed E-state index contributed by atoms with van der Waals surface area (Å²) in [7, 11) is 0. The van der Waals surface area contributed by atoms with Crippen molar-refractivity contribution < 1.29 is 4.42 Å². The number of nitrogens with zero attached hydrogens (tertiary/aromatic N) is 1. The third kappa shape index (κ3) is 5.93. The summed E-state index contributed by atoms with van der Waals surface area (Å²) in [5.41, 5.74) is 14.4. The zero-order chi connectivity index (χ0) is 40.3. The van der Waals surface area contributed by atoms with Crippen molar-refractivity contribution in [3.63, 3.8) is 0 Å². The van der Waals surface area contributed by atoms with Crippen LogP contribution in [-0.2, 0) is 0 Å². The Morgan fingerprint density at radius 1 is 0.328 bits per heavy atom. The second-order valence-corrected chi connectivity index (χ2v) is 16.7. The molecule has 0 atom stereocenters. The quantitative estimate of drug-likeness (QED) is 0.160. The standard InChI is InChI=1S/C58H37NOS/c1-2-14-39(15-3-1)47-36-37-52(57-50-21-8-10-25-53(50)60-58(47)57)59(42-32-28-40(29-33-42)45-23-12-17-38-16-4-5-18-44(38)45)43-34-30-41(31-35-43)46-19-6-7-20-48(46)49-24-13-27-55-56(49)51-22-9-11-26-54(51)61-55/h1-37H. The van der Waals surface area contributed by atoms with E-state index in [1.54, 1.807) is 0 Å². The van der Waals surface area contributed by atoms with E-state index in [2.05, 4.69) is 223 Å². The lowest BCUT2D eigenvalue weighted by Crippen LogP contribution is -2.10. The molecule has 0 aliphatic heterocycles. The third-order valence-electron chi connectivity index (χ3n) is 12.1. The van der Waals surface area contributed by atoms with E-state index in [1.807, 2.05) is 17.4 Å². The van der Waals surface area contributed by atoms with Gasteiger partial charge in [0.05, 0.1) is 11.1 Å². The molecule has 0 unspecified atom stereocenters. The maximum atomic E-state index is 6.78. The van der Waals surface area contributed by atoms with Crippen LogP contribution in [-0.4, -0.2) is 0 Å². The number of rotatable bonds is 7. The van der Waals surface area contributed by atoms with Gasteiger partial charge in [0.15, 0.2) is 0 Å². The molecule has 10 aromatic carbocycles. The van der Waals surface area contributed by atoms with Crippen LogP contribution in [0, 0.1) is 0 Å². The second-order valence-electron chi connectivity index (χ2n) is 15.6. The summed E-state index contributed by atoms with van der Waals surface area (Å²) in [6.07, 6.45) is 0. The molecule has 2 aromatic heterocycles. The molecule has 0 aliphatic rings. The lowest BCUT2D eigenvalue weighted by Gasteiger charge is -2.27. The Morgan fingerprint density at radius 3 is 1.69 bits per heavy atom. The molecule has 0 radical (unpaired) electrons. The fourth-order valence-electron chi connectivity index (χ4n) is 9.30. The predicted molar refractivity (Wildman–Crippen MR) is 261 cm³/mol.